The summed E-state index contributed by atoms with van der Waals surface area (Å²) in [6.45, 7) is 4.02. The highest BCUT2D eigenvalue weighted by Crippen LogP contribution is 2.38. The molecule has 2 fully saturated rings. The van der Waals surface area contributed by atoms with Crippen molar-refractivity contribution in [2.75, 3.05) is 33.4 Å². The fraction of sp³-hybridized carbons (Fsp3) is 0.611. The molecule has 2 aliphatic heterocycles. The van der Waals surface area contributed by atoms with Crippen LogP contribution >= 0.6 is 0 Å². The molecule has 2 aliphatic rings. The van der Waals surface area contributed by atoms with Gasteiger partial charge in [-0.2, -0.15) is 0 Å². The predicted octanol–water partition coefficient (Wildman–Crippen LogP) is 0.927. The van der Waals surface area contributed by atoms with Crippen molar-refractivity contribution in [2.24, 2.45) is 0 Å². The van der Waals surface area contributed by atoms with Gasteiger partial charge >= 0.3 is 0 Å². The highest BCUT2D eigenvalue weighted by atomic mass is 16.5. The summed E-state index contributed by atoms with van der Waals surface area (Å²) in [5.41, 5.74) is -0.0811. The first-order valence-corrected chi connectivity index (χ1v) is 8.79. The number of nitrogens with one attached hydrogen (secondary N) is 1. The van der Waals surface area contributed by atoms with E-state index in [9.17, 15) is 14.4 Å². The topological polar surface area (TPSA) is 82.7 Å². The third-order valence-electron chi connectivity index (χ3n) is 5.21. The lowest BCUT2D eigenvalue weighted by atomic mass is 9.85. The maximum absolute atomic E-state index is 13.1. The summed E-state index contributed by atoms with van der Waals surface area (Å²) in [6.07, 6.45) is 3.02. The smallest absolute Gasteiger partial charge is 0.271 e. The number of amides is 2. The van der Waals surface area contributed by atoms with Crippen LogP contribution in [0.5, 0.6) is 0 Å². The van der Waals surface area contributed by atoms with Crippen molar-refractivity contribution in [1.29, 1.82) is 0 Å². The summed E-state index contributed by atoms with van der Waals surface area (Å²) >= 11 is 0. The van der Waals surface area contributed by atoms with Crippen LogP contribution in [0.15, 0.2) is 16.9 Å². The van der Waals surface area contributed by atoms with Gasteiger partial charge in [0.1, 0.15) is 11.2 Å². The zero-order valence-corrected chi connectivity index (χ0v) is 14.8. The molecular formula is C18H25N3O4. The van der Waals surface area contributed by atoms with E-state index in [0.29, 0.717) is 44.8 Å². The average Bonchev–Trinajstić information content (AvgIpc) is 2.99. The molecule has 1 spiro atoms. The van der Waals surface area contributed by atoms with Crippen LogP contribution in [0.2, 0.25) is 0 Å². The summed E-state index contributed by atoms with van der Waals surface area (Å²) in [5.74, 6) is -0.253. The highest BCUT2D eigenvalue weighted by molar-refractivity contribution is 5.99. The van der Waals surface area contributed by atoms with E-state index in [1.165, 1.54) is 12.1 Å². The number of rotatable bonds is 4. The van der Waals surface area contributed by atoms with Crippen LogP contribution in [0.4, 0.5) is 0 Å². The van der Waals surface area contributed by atoms with Crippen LogP contribution in [0.3, 0.4) is 0 Å². The monoisotopic (exact) mass is 347 g/mol. The molecule has 1 unspecified atom stereocenters. The lowest BCUT2D eigenvalue weighted by Crippen LogP contribution is -2.61. The first kappa shape index (κ1) is 17.7. The number of ether oxygens (including phenoxy) is 1. The lowest BCUT2D eigenvalue weighted by molar-refractivity contribution is -0.146. The number of H-pyrrole nitrogens is 1. The third kappa shape index (κ3) is 3.20. The molecule has 0 bridgehead atoms. The Morgan fingerprint density at radius 2 is 1.96 bits per heavy atom. The quantitative estimate of drug-likeness (QED) is 0.878. The fourth-order valence-electron chi connectivity index (χ4n) is 4.08. The molecule has 2 saturated heterocycles. The first-order valence-electron chi connectivity index (χ1n) is 8.79. The molecule has 25 heavy (non-hydrogen) atoms. The van der Waals surface area contributed by atoms with Gasteiger partial charge in [0.25, 0.3) is 5.91 Å². The second-order valence-corrected chi connectivity index (χ2v) is 6.89. The summed E-state index contributed by atoms with van der Waals surface area (Å²) in [4.78, 5) is 44.4. The van der Waals surface area contributed by atoms with Gasteiger partial charge in [0.2, 0.25) is 5.91 Å². The van der Waals surface area contributed by atoms with E-state index < -0.39 is 5.54 Å². The van der Waals surface area contributed by atoms with Crippen LogP contribution in [0, 0.1) is 6.92 Å². The summed E-state index contributed by atoms with van der Waals surface area (Å²) < 4.78 is 5.10. The van der Waals surface area contributed by atoms with E-state index in [2.05, 4.69) is 4.98 Å². The number of hydrogen-bond donors (Lipinski definition) is 1. The lowest BCUT2D eigenvalue weighted by Gasteiger charge is -2.44. The Balaban J connectivity index is 1.89. The molecule has 3 heterocycles. The number of carbonyl (C=O) groups is 2. The Bertz CT molecular complexity index is 729. The minimum atomic E-state index is -0.774. The molecule has 1 aromatic heterocycles. The molecule has 1 aromatic rings. The number of aromatic amines is 1. The number of likely N-dealkylation sites (tertiary alicyclic amines) is 2. The van der Waals surface area contributed by atoms with Crippen molar-refractivity contribution in [3.8, 4) is 0 Å². The second-order valence-electron chi connectivity index (χ2n) is 6.89. The van der Waals surface area contributed by atoms with Crippen LogP contribution in [-0.2, 0) is 9.53 Å². The standard InChI is InChI=1S/C18H25N3O4/c1-13-11-14(22)12-15(19-13)16(23)21-8-4-6-18(21)5-3-7-20(17(18)24)9-10-25-2/h11-12H,3-10H2,1-2H3,(H,19,22). The van der Waals surface area contributed by atoms with Gasteiger partial charge in [0.15, 0.2) is 5.43 Å². The third-order valence-corrected chi connectivity index (χ3v) is 5.21. The zero-order chi connectivity index (χ0) is 18.0. The van der Waals surface area contributed by atoms with Gasteiger partial charge in [-0.25, -0.2) is 0 Å². The molecule has 0 aliphatic carbocycles. The highest BCUT2D eigenvalue weighted by Gasteiger charge is 2.52. The van der Waals surface area contributed by atoms with Gasteiger partial charge in [-0.05, 0) is 32.6 Å². The normalized spacial score (nSPS) is 23.5. The van der Waals surface area contributed by atoms with Crippen molar-refractivity contribution in [1.82, 2.24) is 14.8 Å². The van der Waals surface area contributed by atoms with E-state index in [4.69, 9.17) is 4.74 Å². The second kappa shape index (κ2) is 7.00. The number of aryl methyl sites for hydroxylation is 1. The molecule has 1 N–H and O–H groups in total. The molecule has 7 nitrogen and oxygen atoms in total. The van der Waals surface area contributed by atoms with E-state index in [1.807, 2.05) is 0 Å². The number of nitrogens with zero attached hydrogens (tertiary/aromatic N) is 2. The first-order chi connectivity index (χ1) is 12.0. The van der Waals surface area contributed by atoms with Crippen LogP contribution in [0.1, 0.15) is 41.9 Å². The molecule has 3 rings (SSSR count). The summed E-state index contributed by atoms with van der Waals surface area (Å²) in [5, 5.41) is 0. The number of pyridine rings is 1. The van der Waals surface area contributed by atoms with Crippen molar-refractivity contribution in [3.05, 3.63) is 33.7 Å². The molecule has 1 atom stereocenters. The SMILES string of the molecule is COCCN1CCCC2(CCCN2C(=O)c2cc(=O)cc(C)[nH]2)C1=O. The number of piperidine rings is 1. The Labute approximate surface area is 147 Å². The van der Waals surface area contributed by atoms with Gasteiger partial charge in [-0.15, -0.1) is 0 Å². The van der Waals surface area contributed by atoms with Crippen molar-refractivity contribution >= 4 is 11.8 Å². The van der Waals surface area contributed by atoms with Crippen molar-refractivity contribution in [3.63, 3.8) is 0 Å². The molecular weight excluding hydrogens is 322 g/mol. The van der Waals surface area contributed by atoms with Crippen LogP contribution in [0.25, 0.3) is 0 Å². The number of methoxy groups -OCH3 is 1. The fourth-order valence-corrected chi connectivity index (χ4v) is 4.08. The van der Waals surface area contributed by atoms with Crippen LogP contribution in [-0.4, -0.2) is 65.5 Å². The Morgan fingerprint density at radius 1 is 1.24 bits per heavy atom. The van der Waals surface area contributed by atoms with Gasteiger partial charge in [0.05, 0.1) is 6.61 Å². The van der Waals surface area contributed by atoms with E-state index in [1.54, 1.807) is 23.8 Å². The number of carbonyl (C=O) groups excluding carboxylic acids is 2. The Kier molecular flexibility index (Phi) is 4.94. The molecule has 136 valence electrons. The summed E-state index contributed by atoms with van der Waals surface area (Å²) in [7, 11) is 1.61. The van der Waals surface area contributed by atoms with Gasteiger partial charge < -0.3 is 19.5 Å². The van der Waals surface area contributed by atoms with Gasteiger partial charge in [0, 0.05) is 44.6 Å². The Morgan fingerprint density at radius 3 is 2.64 bits per heavy atom. The molecule has 0 aromatic carbocycles. The molecule has 0 saturated carbocycles. The zero-order valence-electron chi connectivity index (χ0n) is 14.8. The van der Waals surface area contributed by atoms with Gasteiger partial charge in [-0.1, -0.05) is 0 Å². The molecule has 2 amide bonds. The largest absolute Gasteiger partial charge is 0.383 e. The number of hydrogen-bond acceptors (Lipinski definition) is 4. The van der Waals surface area contributed by atoms with Crippen molar-refractivity contribution in [2.45, 2.75) is 38.1 Å². The molecule has 0 radical (unpaired) electrons. The predicted molar refractivity (Wildman–Crippen MR) is 92.5 cm³/mol. The van der Waals surface area contributed by atoms with Gasteiger partial charge in [-0.3, -0.25) is 14.4 Å². The maximum Gasteiger partial charge on any atom is 0.271 e. The number of aromatic nitrogens is 1. The van der Waals surface area contributed by atoms with E-state index >= 15 is 0 Å². The minimum Gasteiger partial charge on any atom is -0.383 e. The maximum atomic E-state index is 13.1. The molecule has 7 heteroatoms. The Hall–Kier alpha value is -2.15. The van der Waals surface area contributed by atoms with E-state index in [0.717, 1.165) is 12.8 Å². The average molecular weight is 347 g/mol. The van der Waals surface area contributed by atoms with Crippen molar-refractivity contribution < 1.29 is 14.3 Å². The van der Waals surface area contributed by atoms with Crippen LogP contribution < -0.4 is 5.43 Å². The minimum absolute atomic E-state index is 0.0108. The van der Waals surface area contributed by atoms with E-state index in [-0.39, 0.29) is 22.9 Å². The summed E-state index contributed by atoms with van der Waals surface area (Å²) in [6, 6.07) is 2.77.